The van der Waals surface area contributed by atoms with Crippen LogP contribution in [0, 0.1) is 12.1 Å². The summed E-state index contributed by atoms with van der Waals surface area (Å²) in [5, 5.41) is 2.45. The molecular formula is C36H26IrN2-2. The van der Waals surface area contributed by atoms with Gasteiger partial charge in [-0.1, -0.05) is 65.7 Å². The monoisotopic (exact) mass is 679 g/mol. The molecule has 0 saturated heterocycles. The van der Waals surface area contributed by atoms with Crippen LogP contribution in [0.25, 0.3) is 44.4 Å². The van der Waals surface area contributed by atoms with Crippen molar-refractivity contribution in [3.63, 3.8) is 0 Å². The zero-order valence-electron chi connectivity index (χ0n) is 21.4. The molecule has 0 fully saturated rings. The third kappa shape index (κ3) is 4.85. The van der Waals surface area contributed by atoms with E-state index in [2.05, 4.69) is 71.7 Å². The van der Waals surface area contributed by atoms with Gasteiger partial charge in [-0.15, -0.1) is 64.7 Å². The van der Waals surface area contributed by atoms with Crippen molar-refractivity contribution in [2.45, 2.75) is 25.7 Å². The number of aromatic nitrogens is 2. The van der Waals surface area contributed by atoms with Crippen LogP contribution in [0.5, 0.6) is 0 Å². The Morgan fingerprint density at radius 1 is 0.590 bits per heavy atom. The van der Waals surface area contributed by atoms with Gasteiger partial charge in [0.15, 0.2) is 0 Å². The minimum absolute atomic E-state index is 0. The van der Waals surface area contributed by atoms with Gasteiger partial charge in [-0.25, -0.2) is 0 Å². The largest absolute Gasteiger partial charge is 0.305 e. The molecule has 39 heavy (non-hydrogen) atoms. The molecule has 0 unspecified atom stereocenters. The normalized spacial score (nSPS) is 12.5. The Labute approximate surface area is 243 Å². The maximum Gasteiger partial charge on any atom is 0.0167 e. The summed E-state index contributed by atoms with van der Waals surface area (Å²) < 4.78 is 0. The molecule has 2 heterocycles. The number of hydrogen-bond donors (Lipinski definition) is 0. The van der Waals surface area contributed by atoms with Crippen LogP contribution in [-0.4, -0.2) is 9.97 Å². The van der Waals surface area contributed by atoms with Crippen LogP contribution in [0.2, 0.25) is 0 Å². The predicted molar refractivity (Wildman–Crippen MR) is 155 cm³/mol. The first kappa shape index (κ1) is 25.4. The molecule has 2 aliphatic carbocycles. The fourth-order valence-corrected chi connectivity index (χ4v) is 5.85. The molecule has 8 rings (SSSR count). The topological polar surface area (TPSA) is 25.8 Å². The number of benzene rings is 4. The number of pyridine rings is 2. The third-order valence-corrected chi connectivity index (χ3v) is 7.60. The Bertz CT molecular complexity index is 1670. The number of fused-ring (bicyclic) bond motifs is 1. The van der Waals surface area contributed by atoms with Gasteiger partial charge in [0.2, 0.25) is 0 Å². The van der Waals surface area contributed by atoms with Gasteiger partial charge in [-0.2, -0.15) is 0 Å². The van der Waals surface area contributed by atoms with Crippen LogP contribution in [0.4, 0.5) is 0 Å². The van der Waals surface area contributed by atoms with Crippen LogP contribution in [0.3, 0.4) is 0 Å². The van der Waals surface area contributed by atoms with Crippen LogP contribution < -0.4 is 0 Å². The molecule has 191 valence electrons. The van der Waals surface area contributed by atoms with Crippen LogP contribution in [0.1, 0.15) is 22.3 Å². The van der Waals surface area contributed by atoms with Crippen molar-refractivity contribution in [1.29, 1.82) is 0 Å². The van der Waals surface area contributed by atoms with Crippen molar-refractivity contribution in [2.75, 3.05) is 0 Å². The van der Waals surface area contributed by atoms with Gasteiger partial charge < -0.3 is 9.97 Å². The molecule has 6 aromatic rings. The van der Waals surface area contributed by atoms with Gasteiger partial charge in [0.05, 0.1) is 0 Å². The van der Waals surface area contributed by atoms with Crippen molar-refractivity contribution in [1.82, 2.24) is 9.97 Å². The predicted octanol–water partition coefficient (Wildman–Crippen LogP) is 8.11. The van der Waals surface area contributed by atoms with Crippen molar-refractivity contribution in [3.8, 4) is 33.6 Å². The second kappa shape index (κ2) is 11.1. The molecule has 0 saturated carbocycles. The van der Waals surface area contributed by atoms with E-state index < -0.39 is 0 Å². The average molecular weight is 679 g/mol. The van der Waals surface area contributed by atoms with Gasteiger partial charge in [0.25, 0.3) is 0 Å². The van der Waals surface area contributed by atoms with Crippen LogP contribution in [-0.2, 0) is 45.8 Å². The van der Waals surface area contributed by atoms with Gasteiger partial charge in [-0.3, -0.25) is 0 Å². The number of rotatable bonds is 2. The molecule has 2 aliphatic rings. The number of aryl methyl sites for hydroxylation is 4. The summed E-state index contributed by atoms with van der Waals surface area (Å²) in [5.41, 5.74) is 13.1. The molecular weight excluding hydrogens is 653 g/mol. The van der Waals surface area contributed by atoms with E-state index in [1.54, 1.807) is 6.20 Å². The second-order valence-electron chi connectivity index (χ2n) is 9.88. The second-order valence-corrected chi connectivity index (χ2v) is 9.88. The first-order valence-electron chi connectivity index (χ1n) is 13.3. The van der Waals surface area contributed by atoms with Crippen molar-refractivity contribution < 1.29 is 20.1 Å². The van der Waals surface area contributed by atoms with Gasteiger partial charge in [0.1, 0.15) is 0 Å². The Kier molecular flexibility index (Phi) is 7.20. The summed E-state index contributed by atoms with van der Waals surface area (Å²) in [5.74, 6) is 0. The van der Waals surface area contributed by atoms with Crippen molar-refractivity contribution in [3.05, 3.63) is 144 Å². The van der Waals surface area contributed by atoms with Crippen molar-refractivity contribution in [2.24, 2.45) is 0 Å². The molecule has 0 bridgehead atoms. The maximum absolute atomic E-state index is 4.73. The molecule has 4 aromatic carbocycles. The molecule has 0 N–H and O–H groups in total. The van der Waals surface area contributed by atoms with E-state index in [4.69, 9.17) is 4.98 Å². The van der Waals surface area contributed by atoms with E-state index >= 15 is 0 Å². The summed E-state index contributed by atoms with van der Waals surface area (Å²) >= 11 is 0. The van der Waals surface area contributed by atoms with E-state index in [9.17, 15) is 0 Å². The molecule has 0 spiro atoms. The molecule has 2 nitrogen and oxygen atoms in total. The Morgan fingerprint density at radius 2 is 1.38 bits per heavy atom. The standard InChI is InChI=1S/C25H18N.C11H8N.Ir/c1-2-7-22-16(4-1)12-13-26-25(22)21-14-19-10-8-17-5-3-6-18-9-11-20(15-21)24(19)23(17)18;1-2-6-10(7-3-1)11-8-4-5-9-12-11;/h1-7,12-14H,8-11H2;1-6,8-9H;/q2*-1;. The zero-order chi connectivity index (χ0) is 25.3. The third-order valence-electron chi connectivity index (χ3n) is 7.60. The summed E-state index contributed by atoms with van der Waals surface area (Å²) in [4.78, 5) is 8.95. The fourth-order valence-electron chi connectivity index (χ4n) is 5.85. The van der Waals surface area contributed by atoms with Gasteiger partial charge >= 0.3 is 0 Å². The maximum atomic E-state index is 4.73. The Hall–Kier alpha value is -3.91. The number of nitrogens with zero attached hydrogens (tertiary/aromatic N) is 2. The van der Waals surface area contributed by atoms with Crippen molar-refractivity contribution >= 4 is 10.8 Å². The average Bonchev–Trinajstić information content (AvgIpc) is 3.00. The van der Waals surface area contributed by atoms with Gasteiger partial charge in [0, 0.05) is 32.5 Å². The first-order chi connectivity index (χ1) is 18.8. The van der Waals surface area contributed by atoms with E-state index in [0.29, 0.717) is 0 Å². The minimum Gasteiger partial charge on any atom is -0.305 e. The van der Waals surface area contributed by atoms with E-state index in [0.717, 1.165) is 48.2 Å². The quantitative estimate of drug-likeness (QED) is 0.173. The molecule has 0 atom stereocenters. The fraction of sp³-hybridized carbons (Fsp3) is 0.111. The SMILES string of the molecule is [Ir].[c-]1c(-c2nccc3ccccc23)cc2c3c1CCc1cccc(c1-3)CC2.[c-]1ccccc1-c1ccccn1. The van der Waals surface area contributed by atoms with E-state index in [1.165, 1.54) is 44.2 Å². The van der Waals surface area contributed by atoms with Crippen LogP contribution in [0.15, 0.2) is 109 Å². The zero-order valence-corrected chi connectivity index (χ0v) is 23.8. The molecule has 3 heteroatoms. The summed E-state index contributed by atoms with van der Waals surface area (Å²) in [7, 11) is 0. The van der Waals surface area contributed by atoms with E-state index in [-0.39, 0.29) is 20.1 Å². The minimum atomic E-state index is 0. The Morgan fingerprint density at radius 3 is 2.21 bits per heavy atom. The molecule has 0 amide bonds. The summed E-state index contributed by atoms with van der Waals surface area (Å²) in [6.45, 7) is 0. The Balaban J connectivity index is 0.000000180. The number of hydrogen-bond acceptors (Lipinski definition) is 2. The molecule has 1 radical (unpaired) electrons. The first-order valence-corrected chi connectivity index (χ1v) is 13.3. The molecule has 0 aliphatic heterocycles. The molecule has 2 aromatic heterocycles. The smallest absolute Gasteiger partial charge is 0.0167 e. The van der Waals surface area contributed by atoms with E-state index in [1.807, 2.05) is 48.7 Å². The summed E-state index contributed by atoms with van der Waals surface area (Å²) in [6.07, 6.45) is 8.17. The van der Waals surface area contributed by atoms with Crippen LogP contribution >= 0.6 is 0 Å². The van der Waals surface area contributed by atoms with Gasteiger partial charge in [-0.05, 0) is 71.1 Å². The summed E-state index contributed by atoms with van der Waals surface area (Å²) in [6, 6.07) is 40.3.